The zero-order valence-corrected chi connectivity index (χ0v) is 8.91. The average molecular weight is 155 g/mol. The molecule has 2 heteroatoms. The molecule has 66 valence electrons. The molecule has 0 rings (SSSR count). The van der Waals surface area contributed by atoms with Gasteiger partial charge in [-0.3, -0.25) is 0 Å². The van der Waals surface area contributed by atoms with E-state index in [1.807, 2.05) is 7.05 Å². The SMILES string of the molecule is CNCC(C)(C)BC(C)(C)C. The molecule has 0 aliphatic heterocycles. The molecule has 0 radical (unpaired) electrons. The maximum Gasteiger partial charge on any atom is 0.135 e. The van der Waals surface area contributed by atoms with E-state index >= 15 is 0 Å². The Bertz CT molecular complexity index is 113. The molecule has 0 spiro atoms. The Labute approximate surface area is 72.2 Å². The largest absolute Gasteiger partial charge is 0.320 e. The normalized spacial score (nSPS) is 13.3. The van der Waals surface area contributed by atoms with E-state index in [1.165, 1.54) is 7.28 Å². The van der Waals surface area contributed by atoms with Crippen LogP contribution in [0.4, 0.5) is 0 Å². The van der Waals surface area contributed by atoms with Gasteiger partial charge < -0.3 is 5.32 Å². The molecule has 0 aromatic rings. The lowest BCUT2D eigenvalue weighted by atomic mass is 9.41. The molecule has 0 aromatic carbocycles. The Hall–Kier alpha value is 0.0249. The van der Waals surface area contributed by atoms with Gasteiger partial charge >= 0.3 is 0 Å². The maximum absolute atomic E-state index is 3.23. The van der Waals surface area contributed by atoms with E-state index in [0.29, 0.717) is 10.6 Å². The summed E-state index contributed by atoms with van der Waals surface area (Å²) >= 11 is 0. The molecule has 0 heterocycles. The first-order chi connectivity index (χ1) is 4.77. The van der Waals surface area contributed by atoms with Crippen LogP contribution in [0.2, 0.25) is 10.6 Å². The quantitative estimate of drug-likeness (QED) is 0.615. The van der Waals surface area contributed by atoms with Crippen LogP contribution in [-0.2, 0) is 0 Å². The molecule has 0 unspecified atom stereocenters. The summed E-state index contributed by atoms with van der Waals surface area (Å²) in [6, 6.07) is 0. The van der Waals surface area contributed by atoms with Crippen molar-refractivity contribution in [2.24, 2.45) is 0 Å². The fourth-order valence-corrected chi connectivity index (χ4v) is 1.98. The fraction of sp³-hybridized carbons (Fsp3) is 1.00. The van der Waals surface area contributed by atoms with Crippen LogP contribution in [0, 0.1) is 0 Å². The van der Waals surface area contributed by atoms with Gasteiger partial charge in [-0.25, -0.2) is 0 Å². The van der Waals surface area contributed by atoms with Gasteiger partial charge in [0.25, 0.3) is 0 Å². The Balaban J connectivity index is 3.91. The fourth-order valence-electron chi connectivity index (χ4n) is 1.98. The van der Waals surface area contributed by atoms with Crippen molar-refractivity contribution >= 4 is 7.28 Å². The average Bonchev–Trinajstić information content (AvgIpc) is 1.55. The van der Waals surface area contributed by atoms with Crippen LogP contribution in [-0.4, -0.2) is 20.9 Å². The third-order valence-corrected chi connectivity index (χ3v) is 1.66. The monoisotopic (exact) mass is 155 g/mol. The van der Waals surface area contributed by atoms with Gasteiger partial charge in [0.05, 0.1) is 0 Å². The molecule has 0 atom stereocenters. The Morgan fingerprint density at radius 1 is 1.09 bits per heavy atom. The topological polar surface area (TPSA) is 12.0 Å². The minimum atomic E-state index is 0.424. The van der Waals surface area contributed by atoms with Gasteiger partial charge in [-0.1, -0.05) is 39.9 Å². The minimum absolute atomic E-state index is 0.424. The Morgan fingerprint density at radius 2 is 1.55 bits per heavy atom. The predicted octanol–water partition coefficient (Wildman–Crippen LogP) is 2.06. The maximum atomic E-state index is 3.23. The summed E-state index contributed by atoms with van der Waals surface area (Å²) < 4.78 is 0. The molecular weight excluding hydrogens is 133 g/mol. The summed E-state index contributed by atoms with van der Waals surface area (Å²) in [5, 5.41) is 4.10. The van der Waals surface area contributed by atoms with E-state index in [2.05, 4.69) is 39.9 Å². The molecule has 0 aromatic heterocycles. The van der Waals surface area contributed by atoms with Crippen molar-refractivity contribution in [3.63, 3.8) is 0 Å². The highest BCUT2D eigenvalue weighted by molar-refractivity contribution is 6.43. The number of hydrogen-bond acceptors (Lipinski definition) is 1. The molecule has 11 heavy (non-hydrogen) atoms. The van der Waals surface area contributed by atoms with E-state index < -0.39 is 0 Å². The van der Waals surface area contributed by atoms with E-state index in [4.69, 9.17) is 0 Å². The van der Waals surface area contributed by atoms with Crippen molar-refractivity contribution in [2.45, 2.75) is 45.2 Å². The van der Waals surface area contributed by atoms with Crippen molar-refractivity contribution in [2.75, 3.05) is 13.6 Å². The molecule has 1 nitrogen and oxygen atoms in total. The highest BCUT2D eigenvalue weighted by Crippen LogP contribution is 2.33. The van der Waals surface area contributed by atoms with Gasteiger partial charge in [-0.2, -0.15) is 0 Å². The molecule has 0 fully saturated rings. The summed E-state index contributed by atoms with van der Waals surface area (Å²) in [7, 11) is 3.28. The van der Waals surface area contributed by atoms with Crippen LogP contribution in [0.3, 0.4) is 0 Å². The van der Waals surface area contributed by atoms with Gasteiger partial charge in [0, 0.05) is 0 Å². The molecule has 0 saturated carbocycles. The van der Waals surface area contributed by atoms with Crippen molar-refractivity contribution in [1.29, 1.82) is 0 Å². The van der Waals surface area contributed by atoms with Crippen LogP contribution >= 0.6 is 0 Å². The first kappa shape index (κ1) is 11.0. The third kappa shape index (κ3) is 6.42. The molecule has 0 aliphatic carbocycles. The smallest absolute Gasteiger partial charge is 0.135 e. The summed E-state index contributed by atoms with van der Waals surface area (Å²) in [6.45, 7) is 12.6. The van der Waals surface area contributed by atoms with Crippen LogP contribution < -0.4 is 5.32 Å². The molecule has 0 bridgehead atoms. The lowest BCUT2D eigenvalue weighted by molar-refractivity contribution is 0.582. The van der Waals surface area contributed by atoms with Crippen molar-refractivity contribution in [1.82, 2.24) is 5.32 Å². The zero-order valence-electron chi connectivity index (χ0n) is 8.91. The second-order valence-corrected chi connectivity index (χ2v) is 5.43. The first-order valence-corrected chi connectivity index (χ1v) is 4.41. The lowest BCUT2D eigenvalue weighted by Gasteiger charge is -2.30. The van der Waals surface area contributed by atoms with Crippen LogP contribution in [0.5, 0.6) is 0 Å². The highest BCUT2D eigenvalue weighted by Gasteiger charge is 2.26. The summed E-state index contributed by atoms with van der Waals surface area (Å²) in [5.74, 6) is 0. The van der Waals surface area contributed by atoms with Crippen LogP contribution in [0.15, 0.2) is 0 Å². The van der Waals surface area contributed by atoms with Gasteiger partial charge in [-0.05, 0) is 18.9 Å². The van der Waals surface area contributed by atoms with Gasteiger partial charge in [0.2, 0.25) is 0 Å². The van der Waals surface area contributed by atoms with E-state index in [-0.39, 0.29) is 0 Å². The van der Waals surface area contributed by atoms with Crippen LogP contribution in [0.25, 0.3) is 0 Å². The van der Waals surface area contributed by atoms with Crippen molar-refractivity contribution in [3.05, 3.63) is 0 Å². The number of rotatable bonds is 3. The molecule has 0 aliphatic rings. The second kappa shape index (κ2) is 3.62. The third-order valence-electron chi connectivity index (χ3n) is 1.66. The minimum Gasteiger partial charge on any atom is -0.320 e. The summed E-state index contributed by atoms with van der Waals surface area (Å²) in [5.41, 5.74) is 0. The predicted molar refractivity (Wildman–Crippen MR) is 54.8 cm³/mol. The van der Waals surface area contributed by atoms with Crippen LogP contribution in [0.1, 0.15) is 34.6 Å². The number of hydrogen-bond donors (Lipinski definition) is 1. The van der Waals surface area contributed by atoms with E-state index in [9.17, 15) is 0 Å². The van der Waals surface area contributed by atoms with Crippen molar-refractivity contribution in [3.8, 4) is 0 Å². The Morgan fingerprint density at radius 3 is 1.82 bits per heavy atom. The van der Waals surface area contributed by atoms with Gasteiger partial charge in [0.15, 0.2) is 0 Å². The number of nitrogens with one attached hydrogen (secondary N) is 1. The standard InChI is InChI=1S/C9H22BN/c1-8(2,3)10-9(4,5)7-11-6/h10-11H,7H2,1-6H3. The summed E-state index contributed by atoms with van der Waals surface area (Å²) in [4.78, 5) is 0. The Kier molecular flexibility index (Phi) is 3.63. The van der Waals surface area contributed by atoms with E-state index in [0.717, 1.165) is 6.54 Å². The van der Waals surface area contributed by atoms with Gasteiger partial charge in [-0.15, -0.1) is 0 Å². The van der Waals surface area contributed by atoms with Gasteiger partial charge in [0.1, 0.15) is 7.28 Å². The highest BCUT2D eigenvalue weighted by atomic mass is 14.8. The zero-order chi connectivity index (χ0) is 9.12. The summed E-state index contributed by atoms with van der Waals surface area (Å²) in [6.07, 6.45) is 0. The first-order valence-electron chi connectivity index (χ1n) is 4.41. The van der Waals surface area contributed by atoms with Crippen molar-refractivity contribution < 1.29 is 0 Å². The molecular formula is C9H22BN. The molecule has 0 saturated heterocycles. The lowest BCUT2D eigenvalue weighted by Crippen LogP contribution is -2.30. The molecule has 1 N–H and O–H groups in total. The second-order valence-electron chi connectivity index (χ2n) is 5.43. The molecule has 0 amide bonds. The van der Waals surface area contributed by atoms with E-state index in [1.54, 1.807) is 0 Å².